The van der Waals surface area contributed by atoms with E-state index in [0.29, 0.717) is 5.69 Å². The van der Waals surface area contributed by atoms with Gasteiger partial charge in [-0.25, -0.2) is 4.39 Å². The van der Waals surface area contributed by atoms with Gasteiger partial charge in [-0.15, -0.1) is 0 Å². The van der Waals surface area contributed by atoms with Crippen molar-refractivity contribution in [3.63, 3.8) is 0 Å². The van der Waals surface area contributed by atoms with Gasteiger partial charge in [-0.1, -0.05) is 18.9 Å². The summed E-state index contributed by atoms with van der Waals surface area (Å²) in [6.07, 6.45) is 0.658. The van der Waals surface area contributed by atoms with E-state index in [4.69, 9.17) is 5.11 Å². The molecule has 0 aromatic carbocycles. The molecule has 8 nitrogen and oxygen atoms in total. The number of nitrogens with one attached hydrogen (secondary N) is 2. The number of ketones is 1. The number of halogens is 1. The number of rotatable bonds is 10. The van der Waals surface area contributed by atoms with E-state index in [0.717, 1.165) is 10.3 Å². The van der Waals surface area contributed by atoms with Crippen LogP contribution in [0.5, 0.6) is 0 Å². The molecule has 1 heterocycles. The minimum absolute atomic E-state index is 0.291. The fourth-order valence-electron chi connectivity index (χ4n) is 1.80. The van der Waals surface area contributed by atoms with Crippen molar-refractivity contribution in [2.45, 2.75) is 25.9 Å². The second-order valence-electron chi connectivity index (χ2n) is 4.71. The predicted octanol–water partition coefficient (Wildman–Crippen LogP) is 0.426. The molecule has 3 N–H and O–H groups in total. The first kappa shape index (κ1) is 19.7. The molecule has 0 fully saturated rings. The van der Waals surface area contributed by atoms with E-state index in [-0.39, 0.29) is 0 Å². The average Bonchev–Trinajstić information content (AvgIpc) is 2.53. The second kappa shape index (κ2) is 9.71. The van der Waals surface area contributed by atoms with Crippen LogP contribution in [0.3, 0.4) is 0 Å². The molecule has 132 valence electrons. The van der Waals surface area contributed by atoms with E-state index in [1.165, 1.54) is 18.1 Å². The highest BCUT2D eigenvalue weighted by atomic mass is 32.2. The number of Topliss-reactive ketones (excluding diaryl/α,β-unsaturated/α-hetero) is 1. The van der Waals surface area contributed by atoms with Gasteiger partial charge in [0.1, 0.15) is 24.9 Å². The number of carboxylic acid groups (broad SMARTS) is 1. The first-order chi connectivity index (χ1) is 11.4. The fraction of sp³-hybridized carbons (Fsp3) is 0.429. The molecule has 1 aromatic rings. The molecule has 1 amide bonds. The Morgan fingerprint density at radius 1 is 1.42 bits per heavy atom. The fourth-order valence-corrected chi connectivity index (χ4v) is 2.25. The van der Waals surface area contributed by atoms with Crippen molar-refractivity contribution in [3.05, 3.63) is 28.7 Å². The maximum absolute atomic E-state index is 12.4. The zero-order valence-electron chi connectivity index (χ0n) is 13.0. The SMILES string of the molecule is CCSNc1cccn(CC(=O)NC(CC(=O)O)C(=O)CF)c1=O. The number of alkyl halides is 1. The van der Waals surface area contributed by atoms with Crippen molar-refractivity contribution in [2.24, 2.45) is 0 Å². The van der Waals surface area contributed by atoms with Crippen LogP contribution in [0, 0.1) is 0 Å². The Bertz CT molecular complexity index is 664. The topological polar surface area (TPSA) is 118 Å². The van der Waals surface area contributed by atoms with E-state index < -0.39 is 48.9 Å². The molecule has 0 bridgehead atoms. The van der Waals surface area contributed by atoms with Gasteiger partial charge in [0.2, 0.25) is 5.91 Å². The summed E-state index contributed by atoms with van der Waals surface area (Å²) in [7, 11) is 0. The van der Waals surface area contributed by atoms with Gasteiger partial charge >= 0.3 is 5.97 Å². The molecule has 1 atom stereocenters. The molecule has 0 saturated carbocycles. The Kier molecular flexibility index (Phi) is 7.96. The van der Waals surface area contributed by atoms with Gasteiger partial charge in [-0.3, -0.25) is 19.2 Å². The van der Waals surface area contributed by atoms with Gasteiger partial charge in [0.05, 0.1) is 6.42 Å². The zero-order chi connectivity index (χ0) is 18.1. The molecule has 10 heteroatoms. The zero-order valence-corrected chi connectivity index (χ0v) is 13.8. The van der Waals surface area contributed by atoms with Crippen LogP contribution >= 0.6 is 11.9 Å². The largest absolute Gasteiger partial charge is 0.481 e. The summed E-state index contributed by atoms with van der Waals surface area (Å²) in [6.45, 7) is 0.101. The number of nitrogens with zero attached hydrogens (tertiary/aromatic N) is 1. The lowest BCUT2D eigenvalue weighted by Gasteiger charge is -2.15. The number of pyridine rings is 1. The van der Waals surface area contributed by atoms with Gasteiger partial charge in [0, 0.05) is 11.9 Å². The quantitative estimate of drug-likeness (QED) is 0.518. The Labute approximate surface area is 141 Å². The number of hydrogen-bond donors (Lipinski definition) is 3. The molecule has 0 saturated heterocycles. The molecule has 1 rings (SSSR count). The Morgan fingerprint density at radius 2 is 2.12 bits per heavy atom. The summed E-state index contributed by atoms with van der Waals surface area (Å²) in [5, 5.41) is 10.8. The third kappa shape index (κ3) is 6.03. The van der Waals surface area contributed by atoms with Gasteiger partial charge in [0.15, 0.2) is 5.78 Å². The molecule has 0 radical (unpaired) electrons. The van der Waals surface area contributed by atoms with E-state index in [1.807, 2.05) is 6.92 Å². The summed E-state index contributed by atoms with van der Waals surface area (Å²) in [4.78, 5) is 46.1. The molecule has 1 aromatic heterocycles. The van der Waals surface area contributed by atoms with Crippen molar-refractivity contribution in [1.82, 2.24) is 9.88 Å². The van der Waals surface area contributed by atoms with E-state index >= 15 is 0 Å². The standard InChI is InChI=1S/C14H18FN3O5S/c1-2-24-17-9-4-3-5-18(14(9)23)8-12(20)16-10(6-13(21)22)11(19)7-15/h3-5,10,17H,2,6-8H2,1H3,(H,16,20)(H,21,22). The molecule has 0 aliphatic heterocycles. The summed E-state index contributed by atoms with van der Waals surface area (Å²) in [5.74, 6) is -2.41. The maximum atomic E-state index is 12.4. The molecular formula is C14H18FN3O5S. The van der Waals surface area contributed by atoms with Crippen molar-refractivity contribution < 1.29 is 23.9 Å². The normalized spacial score (nSPS) is 11.6. The van der Waals surface area contributed by atoms with Crippen molar-refractivity contribution in [1.29, 1.82) is 0 Å². The van der Waals surface area contributed by atoms with Crippen LogP contribution < -0.4 is 15.6 Å². The molecule has 0 aliphatic rings. The Hall–Kier alpha value is -2.36. The van der Waals surface area contributed by atoms with Crippen LogP contribution in [0.4, 0.5) is 10.1 Å². The number of aliphatic carboxylic acids is 1. The Morgan fingerprint density at radius 3 is 2.71 bits per heavy atom. The smallest absolute Gasteiger partial charge is 0.305 e. The second-order valence-corrected chi connectivity index (χ2v) is 5.78. The van der Waals surface area contributed by atoms with Crippen LogP contribution in [-0.2, 0) is 20.9 Å². The number of hydrogen-bond acceptors (Lipinski definition) is 6. The summed E-state index contributed by atoms with van der Waals surface area (Å²) < 4.78 is 16.4. The molecule has 0 spiro atoms. The number of carboxylic acids is 1. The highest BCUT2D eigenvalue weighted by Crippen LogP contribution is 2.06. The van der Waals surface area contributed by atoms with E-state index in [9.17, 15) is 23.6 Å². The van der Waals surface area contributed by atoms with Gasteiger partial charge in [0.25, 0.3) is 5.56 Å². The molecule has 1 unspecified atom stereocenters. The number of carbonyl (C=O) groups is 3. The number of carbonyl (C=O) groups excluding carboxylic acids is 2. The highest BCUT2D eigenvalue weighted by molar-refractivity contribution is 8.00. The molecular weight excluding hydrogens is 341 g/mol. The maximum Gasteiger partial charge on any atom is 0.305 e. The van der Waals surface area contributed by atoms with Crippen molar-refractivity contribution in [3.8, 4) is 0 Å². The first-order valence-corrected chi connectivity index (χ1v) is 8.04. The van der Waals surface area contributed by atoms with Gasteiger partial charge in [-0.2, -0.15) is 0 Å². The minimum Gasteiger partial charge on any atom is -0.481 e. The average molecular weight is 359 g/mol. The third-order valence-electron chi connectivity index (χ3n) is 2.89. The van der Waals surface area contributed by atoms with Gasteiger partial charge < -0.3 is 19.7 Å². The van der Waals surface area contributed by atoms with Crippen LogP contribution in [0.1, 0.15) is 13.3 Å². The number of amides is 1. The summed E-state index contributed by atoms with van der Waals surface area (Å²) >= 11 is 1.31. The molecule has 24 heavy (non-hydrogen) atoms. The predicted molar refractivity (Wildman–Crippen MR) is 87.6 cm³/mol. The van der Waals surface area contributed by atoms with Crippen LogP contribution in [0.2, 0.25) is 0 Å². The first-order valence-electron chi connectivity index (χ1n) is 7.06. The Balaban J connectivity index is 2.81. The summed E-state index contributed by atoms with van der Waals surface area (Å²) in [5.41, 5.74) is -0.153. The summed E-state index contributed by atoms with van der Waals surface area (Å²) in [6, 6.07) is 1.65. The molecule has 0 aliphatic carbocycles. The lowest BCUT2D eigenvalue weighted by atomic mass is 10.1. The van der Waals surface area contributed by atoms with Crippen molar-refractivity contribution in [2.75, 3.05) is 17.1 Å². The van der Waals surface area contributed by atoms with Crippen LogP contribution in [-0.4, -0.2) is 45.8 Å². The minimum atomic E-state index is -1.47. The number of aromatic nitrogens is 1. The number of anilines is 1. The van der Waals surface area contributed by atoms with E-state index in [1.54, 1.807) is 12.1 Å². The van der Waals surface area contributed by atoms with Crippen LogP contribution in [0.15, 0.2) is 23.1 Å². The highest BCUT2D eigenvalue weighted by Gasteiger charge is 2.23. The van der Waals surface area contributed by atoms with Gasteiger partial charge in [-0.05, 0) is 12.1 Å². The van der Waals surface area contributed by atoms with Crippen LogP contribution in [0.25, 0.3) is 0 Å². The lowest BCUT2D eigenvalue weighted by Crippen LogP contribution is -2.45. The monoisotopic (exact) mass is 359 g/mol. The lowest BCUT2D eigenvalue weighted by molar-refractivity contribution is -0.140. The van der Waals surface area contributed by atoms with E-state index in [2.05, 4.69) is 10.0 Å². The third-order valence-corrected chi connectivity index (χ3v) is 3.55. The van der Waals surface area contributed by atoms with Crippen molar-refractivity contribution >= 4 is 35.3 Å².